The molecular formula is C19H20FN3O2. The smallest absolute Gasteiger partial charge is 0.315 e. The first-order valence-corrected chi connectivity index (χ1v) is 8.21. The molecule has 5 nitrogen and oxygen atoms in total. The third kappa shape index (κ3) is 4.15. The molecular weight excluding hydrogens is 321 g/mol. The molecule has 1 fully saturated rings. The van der Waals surface area contributed by atoms with Crippen LogP contribution in [0.3, 0.4) is 0 Å². The first-order valence-electron chi connectivity index (χ1n) is 8.21. The largest absolute Gasteiger partial charge is 0.333 e. The van der Waals surface area contributed by atoms with Crippen molar-refractivity contribution in [1.82, 2.24) is 10.6 Å². The summed E-state index contributed by atoms with van der Waals surface area (Å²) in [6.45, 7) is 2.27. The van der Waals surface area contributed by atoms with Crippen molar-refractivity contribution in [3.63, 3.8) is 0 Å². The predicted molar refractivity (Wildman–Crippen MR) is 93.7 cm³/mol. The number of halogens is 1. The van der Waals surface area contributed by atoms with E-state index in [2.05, 4.69) is 10.6 Å². The van der Waals surface area contributed by atoms with Crippen LogP contribution < -0.4 is 15.5 Å². The van der Waals surface area contributed by atoms with Gasteiger partial charge in [0, 0.05) is 18.7 Å². The Hall–Kier alpha value is -2.89. The molecule has 0 bridgehead atoms. The van der Waals surface area contributed by atoms with Crippen LogP contribution in [0.1, 0.15) is 24.9 Å². The molecule has 1 saturated heterocycles. The zero-order valence-corrected chi connectivity index (χ0v) is 13.9. The first-order chi connectivity index (χ1) is 12.0. The number of amides is 3. The second-order valence-corrected chi connectivity index (χ2v) is 6.13. The Morgan fingerprint density at radius 3 is 2.52 bits per heavy atom. The van der Waals surface area contributed by atoms with E-state index in [4.69, 9.17) is 0 Å². The second-order valence-electron chi connectivity index (χ2n) is 6.13. The summed E-state index contributed by atoms with van der Waals surface area (Å²) in [5, 5.41) is 5.70. The molecule has 1 aliphatic heterocycles. The van der Waals surface area contributed by atoms with Crippen LogP contribution in [0.5, 0.6) is 0 Å². The van der Waals surface area contributed by atoms with E-state index in [9.17, 15) is 14.0 Å². The molecule has 1 heterocycles. The lowest BCUT2D eigenvalue weighted by molar-refractivity contribution is -0.117. The van der Waals surface area contributed by atoms with Gasteiger partial charge in [-0.15, -0.1) is 0 Å². The molecule has 2 aromatic rings. The molecule has 6 heteroatoms. The molecule has 2 aromatic carbocycles. The predicted octanol–water partition coefficient (Wildman–Crippen LogP) is 2.99. The highest BCUT2D eigenvalue weighted by Gasteiger charge is 2.31. The van der Waals surface area contributed by atoms with E-state index >= 15 is 0 Å². The minimum atomic E-state index is -0.348. The summed E-state index contributed by atoms with van der Waals surface area (Å²) in [7, 11) is 0. The second kappa shape index (κ2) is 7.34. The SMILES string of the molecule is CC(NC(=O)NC1CC(=O)N(c2ccc(F)cc2)C1)c1ccccc1. The molecule has 1 aliphatic rings. The number of anilines is 1. The Balaban J connectivity index is 1.56. The normalized spacial score (nSPS) is 18.1. The zero-order chi connectivity index (χ0) is 17.8. The van der Waals surface area contributed by atoms with Gasteiger partial charge in [0.15, 0.2) is 0 Å². The summed E-state index contributed by atoms with van der Waals surface area (Å²) in [5.74, 6) is -0.438. The van der Waals surface area contributed by atoms with Crippen LogP contribution in [0.2, 0.25) is 0 Å². The molecule has 3 amide bonds. The number of hydrogen-bond donors (Lipinski definition) is 2. The van der Waals surface area contributed by atoms with Crippen molar-refractivity contribution < 1.29 is 14.0 Å². The Bertz CT molecular complexity index is 749. The number of urea groups is 1. The highest BCUT2D eigenvalue weighted by atomic mass is 19.1. The number of carbonyl (C=O) groups excluding carboxylic acids is 2. The molecule has 2 N–H and O–H groups in total. The summed E-state index contributed by atoms with van der Waals surface area (Å²) >= 11 is 0. The maximum absolute atomic E-state index is 13.0. The van der Waals surface area contributed by atoms with Crippen molar-refractivity contribution in [1.29, 1.82) is 0 Å². The molecule has 0 spiro atoms. The third-order valence-electron chi connectivity index (χ3n) is 4.25. The number of carbonyl (C=O) groups is 2. The van der Waals surface area contributed by atoms with E-state index in [1.165, 1.54) is 12.1 Å². The molecule has 130 valence electrons. The first kappa shape index (κ1) is 17.0. The number of hydrogen-bond acceptors (Lipinski definition) is 2. The summed E-state index contributed by atoms with van der Waals surface area (Å²) < 4.78 is 13.0. The van der Waals surface area contributed by atoms with E-state index in [0.29, 0.717) is 12.2 Å². The molecule has 25 heavy (non-hydrogen) atoms. The van der Waals surface area contributed by atoms with Gasteiger partial charge in [-0.1, -0.05) is 30.3 Å². The van der Waals surface area contributed by atoms with Gasteiger partial charge in [-0.3, -0.25) is 4.79 Å². The summed E-state index contributed by atoms with van der Waals surface area (Å²) in [6.07, 6.45) is 0.227. The topological polar surface area (TPSA) is 61.4 Å². The Morgan fingerprint density at radius 1 is 1.16 bits per heavy atom. The molecule has 2 unspecified atom stereocenters. The van der Waals surface area contributed by atoms with Gasteiger partial charge in [0.05, 0.1) is 12.1 Å². The van der Waals surface area contributed by atoms with E-state index in [1.54, 1.807) is 17.0 Å². The number of rotatable bonds is 4. The van der Waals surface area contributed by atoms with Crippen molar-refractivity contribution >= 4 is 17.6 Å². The number of nitrogens with one attached hydrogen (secondary N) is 2. The average Bonchev–Trinajstić information content (AvgIpc) is 2.96. The van der Waals surface area contributed by atoms with Crippen molar-refractivity contribution in [2.75, 3.05) is 11.4 Å². The Kier molecular flexibility index (Phi) is 4.97. The minimum absolute atomic E-state index is 0.0898. The molecule has 0 saturated carbocycles. The number of benzene rings is 2. The van der Waals surface area contributed by atoms with Crippen LogP contribution in [-0.4, -0.2) is 24.5 Å². The van der Waals surface area contributed by atoms with Crippen LogP contribution in [-0.2, 0) is 4.79 Å². The average molecular weight is 341 g/mol. The molecule has 2 atom stereocenters. The van der Waals surface area contributed by atoms with Crippen molar-refractivity contribution in [3.05, 3.63) is 66.0 Å². The lowest BCUT2D eigenvalue weighted by Crippen LogP contribution is -2.44. The van der Waals surface area contributed by atoms with Crippen LogP contribution in [0.25, 0.3) is 0 Å². The van der Waals surface area contributed by atoms with Gasteiger partial charge < -0.3 is 15.5 Å². The zero-order valence-electron chi connectivity index (χ0n) is 13.9. The molecule has 0 aromatic heterocycles. The van der Waals surface area contributed by atoms with E-state index in [1.807, 2.05) is 37.3 Å². The van der Waals surface area contributed by atoms with E-state index in [-0.39, 0.29) is 36.3 Å². The van der Waals surface area contributed by atoms with Crippen molar-refractivity contribution in [2.24, 2.45) is 0 Å². The fourth-order valence-electron chi connectivity index (χ4n) is 2.92. The van der Waals surface area contributed by atoms with Crippen LogP contribution >= 0.6 is 0 Å². The Labute approximate surface area is 145 Å². The van der Waals surface area contributed by atoms with Crippen molar-refractivity contribution in [3.8, 4) is 0 Å². The Morgan fingerprint density at radius 2 is 1.84 bits per heavy atom. The van der Waals surface area contributed by atoms with E-state index in [0.717, 1.165) is 5.56 Å². The van der Waals surface area contributed by atoms with Gasteiger partial charge in [0.2, 0.25) is 5.91 Å². The molecule has 0 radical (unpaired) electrons. The summed E-state index contributed by atoms with van der Waals surface area (Å²) in [4.78, 5) is 25.9. The van der Waals surface area contributed by atoms with Gasteiger partial charge in [0.1, 0.15) is 5.82 Å². The highest BCUT2D eigenvalue weighted by Crippen LogP contribution is 2.22. The number of nitrogens with zero attached hydrogens (tertiary/aromatic N) is 1. The lowest BCUT2D eigenvalue weighted by Gasteiger charge is -2.19. The van der Waals surface area contributed by atoms with Crippen LogP contribution in [0, 0.1) is 5.82 Å². The van der Waals surface area contributed by atoms with Gasteiger partial charge in [-0.25, -0.2) is 9.18 Å². The van der Waals surface area contributed by atoms with Gasteiger partial charge in [-0.05, 0) is 36.8 Å². The fraction of sp³-hybridized carbons (Fsp3) is 0.263. The lowest BCUT2D eigenvalue weighted by atomic mass is 10.1. The fourth-order valence-corrected chi connectivity index (χ4v) is 2.92. The minimum Gasteiger partial charge on any atom is -0.333 e. The van der Waals surface area contributed by atoms with E-state index < -0.39 is 0 Å². The maximum atomic E-state index is 13.0. The quantitative estimate of drug-likeness (QED) is 0.898. The molecule has 0 aliphatic carbocycles. The van der Waals surface area contributed by atoms with Crippen LogP contribution in [0.15, 0.2) is 54.6 Å². The monoisotopic (exact) mass is 341 g/mol. The summed E-state index contributed by atoms with van der Waals surface area (Å²) in [6, 6.07) is 14.7. The highest BCUT2D eigenvalue weighted by molar-refractivity contribution is 5.96. The summed E-state index contributed by atoms with van der Waals surface area (Å²) in [5.41, 5.74) is 1.64. The van der Waals surface area contributed by atoms with Gasteiger partial charge in [0.25, 0.3) is 0 Å². The molecule has 3 rings (SSSR count). The van der Waals surface area contributed by atoms with Gasteiger partial charge >= 0.3 is 6.03 Å². The standard InChI is InChI=1S/C19H20FN3O2/c1-13(14-5-3-2-4-6-14)21-19(25)22-16-11-18(24)23(12-16)17-9-7-15(20)8-10-17/h2-10,13,16H,11-12H2,1H3,(H2,21,22,25). The van der Waals surface area contributed by atoms with Crippen LogP contribution in [0.4, 0.5) is 14.9 Å². The third-order valence-corrected chi connectivity index (χ3v) is 4.25. The maximum Gasteiger partial charge on any atom is 0.315 e. The van der Waals surface area contributed by atoms with Crippen molar-refractivity contribution in [2.45, 2.75) is 25.4 Å². The van der Waals surface area contributed by atoms with Gasteiger partial charge in [-0.2, -0.15) is 0 Å².